The largest absolute Gasteiger partial charge is 0.337 e. The van der Waals surface area contributed by atoms with Crippen molar-refractivity contribution in [1.29, 1.82) is 0 Å². The molecule has 0 bridgehead atoms. The molecular weight excluding hydrogens is 274 g/mol. The number of hydrogen-bond donors (Lipinski definition) is 2. The fraction of sp³-hybridized carbons (Fsp3) is 0.429. The third-order valence-electron chi connectivity index (χ3n) is 3.65. The Kier molecular flexibility index (Phi) is 3.63. The van der Waals surface area contributed by atoms with E-state index in [0.717, 1.165) is 47.6 Å². The van der Waals surface area contributed by atoms with Crippen LogP contribution in [0, 0.1) is 6.92 Å². The number of aromatic nitrogens is 3. The van der Waals surface area contributed by atoms with E-state index in [4.69, 9.17) is 11.6 Å². The number of aromatic amines is 1. The van der Waals surface area contributed by atoms with Gasteiger partial charge in [-0.2, -0.15) is 4.98 Å². The summed E-state index contributed by atoms with van der Waals surface area (Å²) in [6.45, 7) is 6.97. The molecule has 20 heavy (non-hydrogen) atoms. The van der Waals surface area contributed by atoms with Crippen molar-refractivity contribution in [2.45, 2.75) is 19.9 Å². The molecular formula is C14H18ClN5. The molecule has 1 aromatic heterocycles. The summed E-state index contributed by atoms with van der Waals surface area (Å²) in [5.74, 6) is 1.53. The lowest BCUT2D eigenvalue weighted by atomic mass is 10.1. The van der Waals surface area contributed by atoms with Crippen LogP contribution >= 0.6 is 11.6 Å². The second-order valence-electron chi connectivity index (χ2n) is 5.20. The Balaban J connectivity index is 1.88. The van der Waals surface area contributed by atoms with Crippen LogP contribution in [0.15, 0.2) is 18.2 Å². The average Bonchev–Trinajstić information content (AvgIpc) is 2.91. The molecule has 1 fully saturated rings. The fourth-order valence-corrected chi connectivity index (χ4v) is 2.67. The molecule has 0 radical (unpaired) electrons. The number of halogens is 1. The molecule has 5 nitrogen and oxygen atoms in total. The van der Waals surface area contributed by atoms with E-state index in [1.54, 1.807) is 0 Å². The molecule has 1 atom stereocenters. The second-order valence-corrected chi connectivity index (χ2v) is 5.60. The highest BCUT2D eigenvalue weighted by atomic mass is 35.5. The first kappa shape index (κ1) is 13.4. The summed E-state index contributed by atoms with van der Waals surface area (Å²) >= 11 is 6.16. The summed E-state index contributed by atoms with van der Waals surface area (Å²) in [6, 6.07) is 6.28. The Morgan fingerprint density at radius 2 is 2.25 bits per heavy atom. The predicted molar refractivity (Wildman–Crippen MR) is 81.2 cm³/mol. The molecule has 2 N–H and O–H groups in total. The van der Waals surface area contributed by atoms with Crippen molar-refractivity contribution in [2.24, 2.45) is 0 Å². The van der Waals surface area contributed by atoms with E-state index >= 15 is 0 Å². The van der Waals surface area contributed by atoms with Crippen molar-refractivity contribution in [1.82, 2.24) is 20.5 Å². The number of nitrogens with zero attached hydrogens (tertiary/aromatic N) is 3. The Bertz CT molecular complexity index is 609. The molecule has 0 spiro atoms. The highest BCUT2D eigenvalue weighted by Gasteiger charge is 2.20. The van der Waals surface area contributed by atoms with Crippen molar-refractivity contribution >= 4 is 17.5 Å². The molecule has 1 aliphatic rings. The van der Waals surface area contributed by atoms with Crippen molar-refractivity contribution in [3.05, 3.63) is 28.8 Å². The number of hydrogen-bond acceptors (Lipinski definition) is 4. The summed E-state index contributed by atoms with van der Waals surface area (Å²) < 4.78 is 0. The Hall–Kier alpha value is -1.59. The van der Waals surface area contributed by atoms with Gasteiger partial charge in [-0.05, 0) is 25.5 Å². The van der Waals surface area contributed by atoms with E-state index in [1.807, 2.05) is 25.1 Å². The fourth-order valence-electron chi connectivity index (χ4n) is 2.49. The van der Waals surface area contributed by atoms with Crippen molar-refractivity contribution in [3.63, 3.8) is 0 Å². The molecule has 106 valence electrons. The maximum atomic E-state index is 6.16. The second kappa shape index (κ2) is 5.42. The van der Waals surface area contributed by atoms with Gasteiger partial charge in [0.25, 0.3) is 0 Å². The van der Waals surface area contributed by atoms with Crippen LogP contribution in [0.4, 0.5) is 5.95 Å². The topological polar surface area (TPSA) is 56.8 Å². The van der Waals surface area contributed by atoms with Gasteiger partial charge in [0.2, 0.25) is 5.95 Å². The summed E-state index contributed by atoms with van der Waals surface area (Å²) in [7, 11) is 0. The zero-order chi connectivity index (χ0) is 14.1. The van der Waals surface area contributed by atoms with Gasteiger partial charge >= 0.3 is 0 Å². The normalized spacial score (nSPS) is 19.4. The van der Waals surface area contributed by atoms with E-state index in [2.05, 4.69) is 32.3 Å². The molecule has 0 saturated carbocycles. The van der Waals surface area contributed by atoms with Gasteiger partial charge in [-0.25, -0.2) is 0 Å². The zero-order valence-electron chi connectivity index (χ0n) is 11.7. The molecule has 1 saturated heterocycles. The lowest BCUT2D eigenvalue weighted by molar-refractivity contribution is 0.480. The Morgan fingerprint density at radius 3 is 3.05 bits per heavy atom. The first-order valence-corrected chi connectivity index (χ1v) is 7.19. The summed E-state index contributed by atoms with van der Waals surface area (Å²) in [5.41, 5.74) is 2.02. The van der Waals surface area contributed by atoms with Crippen LogP contribution in [-0.4, -0.2) is 40.9 Å². The summed E-state index contributed by atoms with van der Waals surface area (Å²) in [4.78, 5) is 6.81. The zero-order valence-corrected chi connectivity index (χ0v) is 12.4. The van der Waals surface area contributed by atoms with E-state index in [0.29, 0.717) is 6.04 Å². The highest BCUT2D eigenvalue weighted by Crippen LogP contribution is 2.26. The van der Waals surface area contributed by atoms with E-state index in [-0.39, 0.29) is 0 Å². The third-order valence-corrected chi connectivity index (χ3v) is 4.06. The molecule has 2 heterocycles. The summed E-state index contributed by atoms with van der Waals surface area (Å²) in [6.07, 6.45) is 0. The van der Waals surface area contributed by atoms with Gasteiger partial charge < -0.3 is 10.2 Å². The minimum atomic E-state index is 0.457. The molecule has 1 aliphatic heterocycles. The maximum Gasteiger partial charge on any atom is 0.245 e. The molecule has 2 aromatic rings. The van der Waals surface area contributed by atoms with Crippen molar-refractivity contribution < 1.29 is 0 Å². The van der Waals surface area contributed by atoms with Gasteiger partial charge in [-0.3, -0.25) is 5.10 Å². The minimum Gasteiger partial charge on any atom is -0.337 e. The number of H-pyrrole nitrogens is 1. The highest BCUT2D eigenvalue weighted by molar-refractivity contribution is 6.31. The van der Waals surface area contributed by atoms with Gasteiger partial charge in [0, 0.05) is 36.3 Å². The van der Waals surface area contributed by atoms with Crippen LogP contribution < -0.4 is 10.2 Å². The van der Waals surface area contributed by atoms with Gasteiger partial charge in [0.1, 0.15) is 0 Å². The van der Waals surface area contributed by atoms with E-state index in [9.17, 15) is 0 Å². The van der Waals surface area contributed by atoms with Crippen LogP contribution in [0.1, 0.15) is 12.5 Å². The number of benzene rings is 1. The van der Waals surface area contributed by atoms with Crippen LogP contribution in [0.5, 0.6) is 0 Å². The molecule has 3 rings (SSSR count). The van der Waals surface area contributed by atoms with Crippen LogP contribution in [0.2, 0.25) is 5.02 Å². The molecule has 1 aromatic carbocycles. The minimum absolute atomic E-state index is 0.457. The monoisotopic (exact) mass is 291 g/mol. The van der Waals surface area contributed by atoms with Gasteiger partial charge in [-0.15, -0.1) is 5.10 Å². The first-order chi connectivity index (χ1) is 9.65. The quantitative estimate of drug-likeness (QED) is 0.891. The van der Waals surface area contributed by atoms with Crippen LogP contribution in [-0.2, 0) is 0 Å². The van der Waals surface area contributed by atoms with E-state index in [1.165, 1.54) is 0 Å². The molecule has 0 unspecified atom stereocenters. The number of nitrogens with one attached hydrogen (secondary N) is 2. The Labute approximate surface area is 123 Å². The van der Waals surface area contributed by atoms with Crippen molar-refractivity contribution in [3.8, 4) is 11.4 Å². The molecule has 0 amide bonds. The summed E-state index contributed by atoms with van der Waals surface area (Å²) in [5, 5.41) is 11.5. The predicted octanol–water partition coefficient (Wildman–Crippen LogP) is 2.23. The average molecular weight is 292 g/mol. The lowest BCUT2D eigenvalue weighted by Crippen LogP contribution is -2.49. The van der Waals surface area contributed by atoms with Crippen molar-refractivity contribution in [2.75, 3.05) is 24.5 Å². The molecule has 6 heteroatoms. The number of rotatable bonds is 2. The van der Waals surface area contributed by atoms with E-state index < -0.39 is 0 Å². The number of anilines is 1. The molecule has 0 aliphatic carbocycles. The number of piperazine rings is 1. The van der Waals surface area contributed by atoms with Gasteiger partial charge in [0.05, 0.1) is 0 Å². The Morgan fingerprint density at radius 1 is 1.40 bits per heavy atom. The first-order valence-electron chi connectivity index (χ1n) is 6.81. The van der Waals surface area contributed by atoms with Gasteiger partial charge in [0.15, 0.2) is 5.82 Å². The smallest absolute Gasteiger partial charge is 0.245 e. The maximum absolute atomic E-state index is 6.16. The third kappa shape index (κ3) is 2.51. The van der Waals surface area contributed by atoms with Crippen LogP contribution in [0.3, 0.4) is 0 Å². The standard InChI is InChI=1S/C14H18ClN5/c1-9-8-20(7-6-16-9)14-17-13(18-19-14)11-4-3-5-12(15)10(11)2/h3-5,9,16H,6-8H2,1-2H3,(H,17,18,19)/t9-/m0/s1. The van der Waals surface area contributed by atoms with Gasteiger partial charge in [-0.1, -0.05) is 23.7 Å². The van der Waals surface area contributed by atoms with Crippen LogP contribution in [0.25, 0.3) is 11.4 Å². The SMILES string of the molecule is Cc1c(Cl)cccc1-c1nc(N2CCN[C@@H](C)C2)n[nH]1. The lowest BCUT2D eigenvalue weighted by Gasteiger charge is -2.30.